The fourth-order valence-corrected chi connectivity index (χ4v) is 4.72. The number of halogens is 1. The molecule has 0 saturated heterocycles. The third-order valence-electron chi connectivity index (χ3n) is 6.64. The van der Waals surface area contributed by atoms with E-state index in [1.165, 1.54) is 12.1 Å². The van der Waals surface area contributed by atoms with Crippen LogP contribution in [0.2, 0.25) is 0 Å². The van der Waals surface area contributed by atoms with Gasteiger partial charge >= 0.3 is 0 Å². The second-order valence-corrected chi connectivity index (χ2v) is 9.29. The first kappa shape index (κ1) is 25.6. The highest BCUT2D eigenvalue weighted by Crippen LogP contribution is 2.33. The number of H-pyrrole nitrogens is 1. The Morgan fingerprint density at radius 3 is 2.75 bits per heavy atom. The molecule has 192 valence electrons. The Morgan fingerprint density at radius 2 is 2.03 bits per heavy atom. The van der Waals surface area contributed by atoms with Crippen molar-refractivity contribution in [3.05, 3.63) is 53.6 Å². The Hall–Kier alpha value is -3.50. The third-order valence-corrected chi connectivity index (χ3v) is 6.64. The number of aliphatic hydroxyl groups is 1. The van der Waals surface area contributed by atoms with Gasteiger partial charge in [-0.3, -0.25) is 9.59 Å². The van der Waals surface area contributed by atoms with E-state index in [-0.39, 0.29) is 31.2 Å². The number of fused-ring (bicyclic) bond motifs is 1. The van der Waals surface area contributed by atoms with Crippen molar-refractivity contribution < 1.29 is 23.8 Å². The number of pyridine rings is 1. The largest absolute Gasteiger partial charge is 0.453 e. The van der Waals surface area contributed by atoms with Gasteiger partial charge in [0.2, 0.25) is 11.8 Å². The fraction of sp³-hybridized carbons (Fsp3) is 0.423. The van der Waals surface area contributed by atoms with Crippen molar-refractivity contribution in [3.63, 3.8) is 0 Å². The number of hydrogen-bond donors (Lipinski definition) is 5. The Kier molecular flexibility index (Phi) is 7.85. The highest BCUT2D eigenvalue weighted by Gasteiger charge is 2.41. The van der Waals surface area contributed by atoms with E-state index >= 15 is 0 Å². The molecule has 1 aliphatic rings. The molecule has 36 heavy (non-hydrogen) atoms. The zero-order valence-corrected chi connectivity index (χ0v) is 20.3. The Morgan fingerprint density at radius 1 is 1.25 bits per heavy atom. The van der Waals surface area contributed by atoms with Crippen LogP contribution in [0.5, 0.6) is 11.5 Å². The van der Waals surface area contributed by atoms with Crippen molar-refractivity contribution in [3.8, 4) is 11.5 Å². The van der Waals surface area contributed by atoms with Crippen molar-refractivity contribution >= 4 is 22.8 Å². The van der Waals surface area contributed by atoms with Gasteiger partial charge in [-0.15, -0.1) is 0 Å². The minimum absolute atomic E-state index is 0.0478. The number of aromatic amines is 1. The molecule has 6 N–H and O–H groups in total. The maximum Gasteiger partial charge on any atom is 0.245 e. The second kappa shape index (κ2) is 11.0. The lowest BCUT2D eigenvalue weighted by atomic mass is 9.80. The number of ether oxygens (including phenoxy) is 1. The normalized spacial score (nSPS) is 15.9. The Balaban J connectivity index is 1.43. The van der Waals surface area contributed by atoms with Crippen molar-refractivity contribution in [2.75, 3.05) is 13.2 Å². The minimum Gasteiger partial charge on any atom is -0.453 e. The van der Waals surface area contributed by atoms with E-state index in [2.05, 4.69) is 20.6 Å². The predicted molar refractivity (Wildman–Crippen MR) is 133 cm³/mol. The molecule has 1 aromatic carbocycles. The van der Waals surface area contributed by atoms with E-state index in [1.807, 2.05) is 13.1 Å². The number of aryl methyl sites for hydroxylation is 1. The van der Waals surface area contributed by atoms with Crippen LogP contribution < -0.4 is 21.1 Å². The molecule has 4 rings (SSSR count). The van der Waals surface area contributed by atoms with Crippen LogP contribution in [0.1, 0.15) is 43.2 Å². The molecule has 9 nitrogen and oxygen atoms in total. The molecule has 0 aliphatic heterocycles. The van der Waals surface area contributed by atoms with E-state index < -0.39 is 23.3 Å². The zero-order valence-electron chi connectivity index (χ0n) is 20.3. The van der Waals surface area contributed by atoms with Gasteiger partial charge in [0.25, 0.3) is 0 Å². The van der Waals surface area contributed by atoms with Crippen LogP contribution in [0.4, 0.5) is 4.39 Å². The van der Waals surface area contributed by atoms with Gasteiger partial charge in [-0.1, -0.05) is 25.3 Å². The number of nitrogens with zero attached hydrogens (tertiary/aromatic N) is 1. The van der Waals surface area contributed by atoms with Gasteiger partial charge in [0.05, 0.1) is 18.0 Å². The topological polar surface area (TPSA) is 142 Å². The summed E-state index contributed by atoms with van der Waals surface area (Å²) in [5, 5.41) is 15.3. The molecule has 0 spiro atoms. The summed E-state index contributed by atoms with van der Waals surface area (Å²) >= 11 is 0. The summed E-state index contributed by atoms with van der Waals surface area (Å²) in [7, 11) is 0. The van der Waals surface area contributed by atoms with E-state index in [0.717, 1.165) is 30.2 Å². The lowest BCUT2D eigenvalue weighted by Crippen LogP contribution is -2.62. The molecule has 0 radical (unpaired) electrons. The first-order chi connectivity index (χ1) is 17.3. The number of hydrogen-bond acceptors (Lipinski definition) is 6. The standard InChI is InChI=1S/C26H32FN5O4/c1-16-15-31-23-22(16)21(7-10-29-23)36-20-6-5-17(13-18(20)27)14-19(28)24(34)32-26(8-3-2-4-9-26)25(35)30-11-12-33/h5-7,10,13,15,19,33H,2-4,8-9,11-12,14,28H2,1H3,(H,29,31)(H,30,35)(H,32,34). The molecule has 1 unspecified atom stereocenters. The van der Waals surface area contributed by atoms with E-state index in [9.17, 15) is 14.0 Å². The quantitative estimate of drug-likeness (QED) is 0.308. The van der Waals surface area contributed by atoms with Crippen LogP contribution in [0.3, 0.4) is 0 Å². The number of amides is 2. The first-order valence-electron chi connectivity index (χ1n) is 12.2. The summed E-state index contributed by atoms with van der Waals surface area (Å²) in [5.41, 5.74) is 7.23. The summed E-state index contributed by atoms with van der Waals surface area (Å²) in [4.78, 5) is 33.0. The Labute approximate surface area is 208 Å². The van der Waals surface area contributed by atoms with E-state index in [4.69, 9.17) is 15.6 Å². The van der Waals surface area contributed by atoms with E-state index in [1.54, 1.807) is 18.3 Å². The molecule has 0 bridgehead atoms. The average Bonchev–Trinajstić information content (AvgIpc) is 3.26. The number of nitrogens with one attached hydrogen (secondary N) is 3. The number of carbonyl (C=O) groups excluding carboxylic acids is 2. The maximum atomic E-state index is 14.9. The van der Waals surface area contributed by atoms with Gasteiger partial charge in [-0.05, 0) is 55.5 Å². The zero-order chi connectivity index (χ0) is 25.7. The summed E-state index contributed by atoms with van der Waals surface area (Å²) in [6.07, 6.45) is 7.10. The highest BCUT2D eigenvalue weighted by molar-refractivity contribution is 5.93. The molecule has 10 heteroatoms. The lowest BCUT2D eigenvalue weighted by molar-refractivity contribution is -0.135. The van der Waals surface area contributed by atoms with Crippen LogP contribution >= 0.6 is 0 Å². The third kappa shape index (κ3) is 5.50. The predicted octanol–water partition coefficient (Wildman–Crippen LogP) is 2.60. The van der Waals surface area contributed by atoms with Gasteiger partial charge < -0.3 is 31.2 Å². The molecule has 2 amide bonds. The smallest absolute Gasteiger partial charge is 0.245 e. The molecule has 1 saturated carbocycles. The molecule has 1 fully saturated rings. The molecule has 2 aromatic heterocycles. The summed E-state index contributed by atoms with van der Waals surface area (Å²) in [6, 6.07) is 5.18. The van der Waals surface area contributed by atoms with Gasteiger partial charge in [-0.25, -0.2) is 9.37 Å². The number of aromatic nitrogens is 2. The van der Waals surface area contributed by atoms with Crippen LogP contribution in [-0.2, 0) is 16.0 Å². The van der Waals surface area contributed by atoms with Crippen molar-refractivity contribution in [1.29, 1.82) is 0 Å². The number of aliphatic hydroxyl groups excluding tert-OH is 1. The van der Waals surface area contributed by atoms with Crippen LogP contribution in [0, 0.1) is 12.7 Å². The SMILES string of the molecule is Cc1c[nH]c2nccc(Oc3ccc(CC(N)C(=O)NC4(C(=O)NCCO)CCCCC4)cc3F)c12. The maximum absolute atomic E-state index is 14.9. The second-order valence-electron chi connectivity index (χ2n) is 9.29. The fourth-order valence-electron chi connectivity index (χ4n) is 4.72. The van der Waals surface area contributed by atoms with Gasteiger partial charge in [0.1, 0.15) is 16.9 Å². The summed E-state index contributed by atoms with van der Waals surface area (Å²) < 4.78 is 20.7. The molecular weight excluding hydrogens is 465 g/mol. The summed E-state index contributed by atoms with van der Waals surface area (Å²) in [6.45, 7) is 1.84. The highest BCUT2D eigenvalue weighted by atomic mass is 19.1. The van der Waals surface area contributed by atoms with Gasteiger partial charge in [-0.2, -0.15) is 0 Å². The number of nitrogens with two attached hydrogens (primary N) is 1. The average molecular weight is 498 g/mol. The van der Waals surface area contributed by atoms with Crippen LogP contribution in [0.25, 0.3) is 11.0 Å². The van der Waals surface area contributed by atoms with Gasteiger partial charge in [0.15, 0.2) is 11.6 Å². The first-order valence-corrected chi connectivity index (χ1v) is 12.2. The Bertz CT molecular complexity index is 1240. The number of carbonyl (C=O) groups is 2. The number of benzene rings is 1. The number of rotatable bonds is 9. The monoisotopic (exact) mass is 497 g/mol. The molecule has 1 aliphatic carbocycles. The summed E-state index contributed by atoms with van der Waals surface area (Å²) in [5.74, 6) is -0.832. The van der Waals surface area contributed by atoms with Crippen LogP contribution in [-0.4, -0.2) is 51.6 Å². The van der Waals surface area contributed by atoms with Crippen molar-refractivity contribution in [2.24, 2.45) is 5.73 Å². The minimum atomic E-state index is -1.04. The van der Waals surface area contributed by atoms with E-state index in [0.29, 0.717) is 29.8 Å². The van der Waals surface area contributed by atoms with Crippen LogP contribution in [0.15, 0.2) is 36.7 Å². The molecule has 2 heterocycles. The molecule has 3 aromatic rings. The lowest BCUT2D eigenvalue weighted by Gasteiger charge is -2.37. The van der Waals surface area contributed by atoms with Crippen molar-refractivity contribution in [2.45, 2.75) is 57.0 Å². The van der Waals surface area contributed by atoms with Gasteiger partial charge in [0, 0.05) is 18.9 Å². The molecule has 1 atom stereocenters. The molecular formula is C26H32FN5O4. The van der Waals surface area contributed by atoms with Crippen molar-refractivity contribution in [1.82, 2.24) is 20.6 Å².